The third-order valence-corrected chi connectivity index (χ3v) is 16.2. The topological polar surface area (TPSA) is 16.4 Å². The predicted molar refractivity (Wildman–Crippen MR) is 291 cm³/mol. The Morgan fingerprint density at radius 3 is 1.71 bits per heavy atom. The lowest BCUT2D eigenvalue weighted by molar-refractivity contribution is 0.445. The molecule has 0 saturated heterocycles. The third kappa shape index (κ3) is 6.37. The molecule has 13 rings (SSSR count). The highest BCUT2D eigenvalue weighted by Crippen LogP contribution is 2.64. The fourth-order valence-electron chi connectivity index (χ4n) is 12.8. The summed E-state index contributed by atoms with van der Waals surface area (Å²) in [6, 6.07) is 69.6. The van der Waals surface area contributed by atoms with Gasteiger partial charge in [0.2, 0.25) is 0 Å². The molecule has 69 heavy (non-hydrogen) atoms. The minimum absolute atomic E-state index is 0.0291. The Morgan fingerprint density at radius 1 is 0.435 bits per heavy atom. The van der Waals surface area contributed by atoms with Gasteiger partial charge in [-0.3, -0.25) is 0 Å². The lowest BCUT2D eigenvalue weighted by atomic mass is 9.68. The molecule has 0 amide bonds. The van der Waals surface area contributed by atoms with Crippen LogP contribution in [-0.4, -0.2) is 0 Å². The molecule has 338 valence electrons. The Hall–Kier alpha value is -7.16. The average Bonchev–Trinajstić information content (AvgIpc) is 3.99. The molecule has 0 aliphatic heterocycles. The number of hydrogen-bond acceptors (Lipinski definition) is 2. The van der Waals surface area contributed by atoms with E-state index in [1.807, 2.05) is 0 Å². The van der Waals surface area contributed by atoms with Crippen molar-refractivity contribution in [3.8, 4) is 33.4 Å². The number of fused-ring (bicyclic) bond motifs is 14. The minimum Gasteiger partial charge on any atom is -0.456 e. The van der Waals surface area contributed by atoms with Crippen molar-refractivity contribution in [1.82, 2.24) is 0 Å². The van der Waals surface area contributed by atoms with Gasteiger partial charge in [-0.15, -0.1) is 0 Å². The highest BCUT2D eigenvalue weighted by atomic mass is 16.3. The van der Waals surface area contributed by atoms with E-state index in [1.165, 1.54) is 115 Å². The molecule has 1 spiro atoms. The van der Waals surface area contributed by atoms with Crippen molar-refractivity contribution in [3.05, 3.63) is 221 Å². The Labute approximate surface area is 407 Å². The van der Waals surface area contributed by atoms with Crippen LogP contribution >= 0.6 is 0 Å². The molecule has 1 fully saturated rings. The molecular formula is C67H59NO. The first-order valence-corrected chi connectivity index (χ1v) is 25.4. The first kappa shape index (κ1) is 42.0. The number of furan rings is 1. The van der Waals surface area contributed by atoms with Crippen LogP contribution in [0.2, 0.25) is 0 Å². The van der Waals surface area contributed by atoms with Crippen molar-refractivity contribution in [1.29, 1.82) is 0 Å². The Morgan fingerprint density at radius 2 is 0.986 bits per heavy atom. The first-order chi connectivity index (χ1) is 33.5. The number of para-hydroxylation sites is 2. The van der Waals surface area contributed by atoms with E-state index in [1.54, 1.807) is 0 Å². The molecule has 2 nitrogen and oxygen atoms in total. The van der Waals surface area contributed by atoms with Crippen LogP contribution in [0.3, 0.4) is 0 Å². The molecule has 9 aromatic carbocycles. The number of benzene rings is 9. The summed E-state index contributed by atoms with van der Waals surface area (Å²) in [5.41, 5.74) is 21.9. The van der Waals surface area contributed by atoms with Crippen molar-refractivity contribution < 1.29 is 4.42 Å². The highest BCUT2D eigenvalue weighted by Gasteiger charge is 2.52. The van der Waals surface area contributed by atoms with Gasteiger partial charge in [0.15, 0.2) is 0 Å². The number of anilines is 3. The zero-order valence-corrected chi connectivity index (χ0v) is 40.8. The van der Waals surface area contributed by atoms with Gasteiger partial charge in [-0.25, -0.2) is 0 Å². The van der Waals surface area contributed by atoms with Crippen LogP contribution in [0.25, 0.3) is 66.1 Å². The van der Waals surface area contributed by atoms with E-state index in [0.29, 0.717) is 5.92 Å². The largest absolute Gasteiger partial charge is 0.456 e. The van der Waals surface area contributed by atoms with Gasteiger partial charge in [0, 0.05) is 33.8 Å². The van der Waals surface area contributed by atoms with Crippen molar-refractivity contribution in [3.63, 3.8) is 0 Å². The van der Waals surface area contributed by atoms with E-state index >= 15 is 0 Å². The van der Waals surface area contributed by atoms with Gasteiger partial charge in [-0.2, -0.15) is 0 Å². The summed E-state index contributed by atoms with van der Waals surface area (Å²) in [4.78, 5) is 2.52. The van der Waals surface area contributed by atoms with Gasteiger partial charge in [0.05, 0.1) is 11.1 Å². The fraction of sp³-hybridized carbons (Fsp3) is 0.224. The van der Waals surface area contributed by atoms with Crippen LogP contribution < -0.4 is 4.90 Å². The second-order valence-electron chi connectivity index (χ2n) is 22.3. The first-order valence-electron chi connectivity index (χ1n) is 25.4. The molecule has 0 N–H and O–H groups in total. The van der Waals surface area contributed by atoms with E-state index < -0.39 is 5.41 Å². The van der Waals surface area contributed by atoms with E-state index in [2.05, 4.69) is 228 Å². The molecule has 0 unspecified atom stereocenters. The smallest absolute Gasteiger partial charge is 0.137 e. The molecule has 3 aliphatic rings. The maximum atomic E-state index is 6.69. The van der Waals surface area contributed by atoms with E-state index in [9.17, 15) is 0 Å². The van der Waals surface area contributed by atoms with Gasteiger partial charge < -0.3 is 9.32 Å². The quantitative estimate of drug-likeness (QED) is 0.171. The maximum Gasteiger partial charge on any atom is 0.137 e. The van der Waals surface area contributed by atoms with Crippen LogP contribution in [0.15, 0.2) is 186 Å². The maximum absolute atomic E-state index is 6.69. The van der Waals surface area contributed by atoms with Crippen LogP contribution in [-0.2, 0) is 16.2 Å². The van der Waals surface area contributed by atoms with Crippen LogP contribution in [0.4, 0.5) is 17.1 Å². The molecule has 0 radical (unpaired) electrons. The van der Waals surface area contributed by atoms with Crippen LogP contribution in [0.5, 0.6) is 0 Å². The average molecular weight is 894 g/mol. The van der Waals surface area contributed by atoms with E-state index in [-0.39, 0.29) is 10.8 Å². The summed E-state index contributed by atoms with van der Waals surface area (Å²) in [5, 5.41) is 4.96. The monoisotopic (exact) mass is 893 g/mol. The lowest BCUT2D eigenvalue weighted by Gasteiger charge is -2.34. The summed E-state index contributed by atoms with van der Waals surface area (Å²) in [6.07, 6.45) is 6.43. The molecular weight excluding hydrogens is 835 g/mol. The zero-order chi connectivity index (χ0) is 46.8. The van der Waals surface area contributed by atoms with Crippen molar-refractivity contribution in [2.24, 2.45) is 0 Å². The third-order valence-electron chi connectivity index (χ3n) is 16.2. The number of hydrogen-bond donors (Lipinski definition) is 0. The standard InChI is InChI=1S/C67H59NO/c1-65(2,3)44-30-34-50-51-35-31-45(66(4,5)6)39-59(51)67(58(50)38-44)57-27-13-10-22-49(57)52-36-32-46(40-60(52)67)68(47-33-37-55-54-24-12-15-29-62(54)69-63(55)41-47)61-28-14-11-23-53(61)56-26-17-21-43-20-16-25-48(64(43)56)42-18-8-7-9-19-42/h10-17,20-42H,7-9,18-19H2,1-6H3. The Bertz CT molecular complexity index is 3620. The fourth-order valence-corrected chi connectivity index (χ4v) is 12.8. The SMILES string of the molecule is CC(C)(C)c1ccc2c(c1)C1(c3ccccc3-c3ccc(N(c4ccc5c(c4)oc4ccccc45)c4ccccc4-c4cccc5cccc(C6CCCCC6)c45)cc31)c1cc(C(C)(C)C)ccc1-2. The van der Waals surface area contributed by atoms with Gasteiger partial charge in [-0.05, 0) is 144 Å². The predicted octanol–water partition coefficient (Wildman–Crippen LogP) is 18.9. The van der Waals surface area contributed by atoms with Crippen molar-refractivity contribution >= 4 is 49.8 Å². The summed E-state index contributed by atoms with van der Waals surface area (Å²) < 4.78 is 6.69. The second kappa shape index (κ2) is 15.4. The lowest BCUT2D eigenvalue weighted by Crippen LogP contribution is -2.27. The number of nitrogens with zero attached hydrogens (tertiary/aromatic N) is 1. The summed E-state index contributed by atoms with van der Waals surface area (Å²) in [5.74, 6) is 0.562. The normalized spacial score (nSPS) is 15.2. The molecule has 1 heterocycles. The van der Waals surface area contributed by atoms with Gasteiger partial charge in [-0.1, -0.05) is 200 Å². The van der Waals surface area contributed by atoms with Gasteiger partial charge >= 0.3 is 0 Å². The van der Waals surface area contributed by atoms with E-state index in [4.69, 9.17) is 4.42 Å². The van der Waals surface area contributed by atoms with Crippen LogP contribution in [0, 0.1) is 0 Å². The second-order valence-corrected chi connectivity index (χ2v) is 22.3. The van der Waals surface area contributed by atoms with Crippen molar-refractivity contribution in [2.45, 2.75) is 95.8 Å². The number of rotatable bonds is 5. The van der Waals surface area contributed by atoms with Gasteiger partial charge in [0.25, 0.3) is 0 Å². The molecule has 10 aromatic rings. The minimum atomic E-state index is -0.534. The van der Waals surface area contributed by atoms with E-state index in [0.717, 1.165) is 39.0 Å². The summed E-state index contributed by atoms with van der Waals surface area (Å²) in [6.45, 7) is 14.1. The molecule has 1 saturated carbocycles. The molecule has 0 bridgehead atoms. The zero-order valence-electron chi connectivity index (χ0n) is 40.8. The van der Waals surface area contributed by atoms with Crippen LogP contribution in [0.1, 0.15) is 119 Å². The summed E-state index contributed by atoms with van der Waals surface area (Å²) >= 11 is 0. The Balaban J connectivity index is 1.10. The summed E-state index contributed by atoms with van der Waals surface area (Å²) in [7, 11) is 0. The molecule has 0 atom stereocenters. The molecule has 1 aromatic heterocycles. The molecule has 2 heteroatoms. The van der Waals surface area contributed by atoms with Gasteiger partial charge in [0.1, 0.15) is 11.2 Å². The highest BCUT2D eigenvalue weighted by molar-refractivity contribution is 6.08. The van der Waals surface area contributed by atoms with Crippen molar-refractivity contribution in [2.75, 3.05) is 4.90 Å². The Kier molecular flexibility index (Phi) is 9.39. The molecule has 3 aliphatic carbocycles.